The van der Waals surface area contributed by atoms with Crippen LogP contribution in [0, 0.1) is 11.8 Å². The minimum absolute atomic E-state index is 0.292. The van der Waals surface area contributed by atoms with E-state index in [1.165, 1.54) is 14.2 Å². The molecule has 14 heavy (non-hydrogen) atoms. The Morgan fingerprint density at radius 3 is 1.57 bits per heavy atom. The summed E-state index contributed by atoms with van der Waals surface area (Å²) in [6.45, 7) is 0. The minimum Gasteiger partial charge on any atom is -0.469 e. The Morgan fingerprint density at radius 2 is 1.29 bits per heavy atom. The van der Waals surface area contributed by atoms with Gasteiger partial charge in [0.15, 0.2) is 0 Å². The predicted octanol–water partition coefficient (Wildman–Crippen LogP) is 1.14. The van der Waals surface area contributed by atoms with Crippen molar-refractivity contribution in [2.75, 3.05) is 14.2 Å². The molecule has 0 saturated heterocycles. The van der Waals surface area contributed by atoms with Crippen molar-refractivity contribution in [3.05, 3.63) is 0 Å². The lowest BCUT2D eigenvalue weighted by Gasteiger charge is -2.27. The number of carbonyl (C=O) groups is 2. The molecule has 0 aromatic rings. The van der Waals surface area contributed by atoms with Gasteiger partial charge in [-0.1, -0.05) is 12.8 Å². The van der Waals surface area contributed by atoms with E-state index in [1.807, 2.05) is 0 Å². The summed E-state index contributed by atoms with van der Waals surface area (Å²) >= 11 is 0. The molecule has 1 aliphatic carbocycles. The van der Waals surface area contributed by atoms with Crippen LogP contribution in [0.1, 0.15) is 25.7 Å². The van der Waals surface area contributed by atoms with Crippen LogP contribution in [0.15, 0.2) is 0 Å². The van der Waals surface area contributed by atoms with Crippen molar-refractivity contribution in [1.29, 1.82) is 0 Å². The third-order valence-corrected chi connectivity index (χ3v) is 2.77. The molecule has 0 heterocycles. The Labute approximate surface area is 83.6 Å². The van der Waals surface area contributed by atoms with Gasteiger partial charge in [-0.15, -0.1) is 0 Å². The summed E-state index contributed by atoms with van der Waals surface area (Å²) in [5.41, 5.74) is 0. The lowest BCUT2D eigenvalue weighted by atomic mass is 9.79. The number of ether oxygens (including phenoxy) is 2. The fraction of sp³-hybridized carbons (Fsp3) is 0.800. The molecule has 0 aromatic carbocycles. The van der Waals surface area contributed by atoms with Crippen molar-refractivity contribution < 1.29 is 19.1 Å². The van der Waals surface area contributed by atoms with Gasteiger partial charge in [0.05, 0.1) is 26.1 Å². The van der Waals surface area contributed by atoms with Crippen LogP contribution in [0.25, 0.3) is 0 Å². The minimum atomic E-state index is -0.304. The van der Waals surface area contributed by atoms with Gasteiger partial charge in [0.25, 0.3) is 0 Å². The molecule has 0 aromatic heterocycles. The molecule has 80 valence electrons. The van der Waals surface area contributed by atoms with Crippen molar-refractivity contribution in [2.45, 2.75) is 25.7 Å². The van der Waals surface area contributed by atoms with Crippen molar-refractivity contribution in [1.82, 2.24) is 0 Å². The molecular formula is C10H16O4. The number of methoxy groups -OCH3 is 2. The molecule has 1 rings (SSSR count). The van der Waals surface area contributed by atoms with Crippen LogP contribution in [0.2, 0.25) is 0 Å². The monoisotopic (exact) mass is 200 g/mol. The molecule has 2 atom stereocenters. The average molecular weight is 200 g/mol. The third kappa shape index (κ3) is 2.25. The largest absolute Gasteiger partial charge is 0.469 e. The molecule has 1 fully saturated rings. The molecule has 0 bridgehead atoms. The molecule has 4 heteroatoms. The van der Waals surface area contributed by atoms with Gasteiger partial charge >= 0.3 is 11.9 Å². The van der Waals surface area contributed by atoms with Crippen LogP contribution < -0.4 is 0 Å². The molecule has 0 radical (unpaired) electrons. The van der Waals surface area contributed by atoms with Crippen LogP contribution in [-0.2, 0) is 19.1 Å². The van der Waals surface area contributed by atoms with Crippen molar-refractivity contribution in [2.24, 2.45) is 11.8 Å². The molecule has 0 N–H and O–H groups in total. The Hall–Kier alpha value is -1.06. The summed E-state index contributed by atoms with van der Waals surface area (Å²) in [5, 5.41) is 0. The highest BCUT2D eigenvalue weighted by atomic mass is 16.5. The zero-order valence-electron chi connectivity index (χ0n) is 8.62. The number of rotatable bonds is 2. The van der Waals surface area contributed by atoms with E-state index in [1.54, 1.807) is 0 Å². The van der Waals surface area contributed by atoms with E-state index in [9.17, 15) is 9.59 Å². The van der Waals surface area contributed by atoms with E-state index in [-0.39, 0.29) is 23.8 Å². The van der Waals surface area contributed by atoms with Gasteiger partial charge in [0.1, 0.15) is 0 Å². The summed E-state index contributed by atoms with van der Waals surface area (Å²) < 4.78 is 9.34. The van der Waals surface area contributed by atoms with Crippen LogP contribution in [0.3, 0.4) is 0 Å². The Bertz CT molecular complexity index is 200. The predicted molar refractivity (Wildman–Crippen MR) is 49.5 cm³/mol. The molecule has 1 aliphatic rings. The first-order chi connectivity index (χ1) is 6.70. The SMILES string of the molecule is COC(=O)C1CCCCC1C(=O)OC. The molecule has 0 amide bonds. The summed E-state index contributed by atoms with van der Waals surface area (Å²) in [6, 6.07) is 0. The number of hydrogen-bond acceptors (Lipinski definition) is 4. The van der Waals surface area contributed by atoms with Crippen molar-refractivity contribution in [3.63, 3.8) is 0 Å². The van der Waals surface area contributed by atoms with E-state index >= 15 is 0 Å². The quantitative estimate of drug-likeness (QED) is 0.627. The second kappa shape index (κ2) is 4.98. The zero-order valence-corrected chi connectivity index (χ0v) is 8.62. The third-order valence-electron chi connectivity index (χ3n) is 2.77. The van der Waals surface area contributed by atoms with Crippen LogP contribution in [0.5, 0.6) is 0 Å². The maximum atomic E-state index is 11.4. The first-order valence-electron chi connectivity index (χ1n) is 4.86. The molecule has 0 aliphatic heterocycles. The highest BCUT2D eigenvalue weighted by molar-refractivity contribution is 5.82. The summed E-state index contributed by atoms with van der Waals surface area (Å²) in [6.07, 6.45) is 3.42. The Morgan fingerprint density at radius 1 is 0.929 bits per heavy atom. The second-order valence-corrected chi connectivity index (χ2v) is 3.54. The van der Waals surface area contributed by atoms with Crippen LogP contribution in [-0.4, -0.2) is 26.2 Å². The molecular weight excluding hydrogens is 184 g/mol. The maximum Gasteiger partial charge on any atom is 0.309 e. The number of esters is 2. The first kappa shape index (κ1) is 11.0. The Balaban J connectivity index is 2.68. The van der Waals surface area contributed by atoms with Gasteiger partial charge in [0.2, 0.25) is 0 Å². The molecule has 2 unspecified atom stereocenters. The zero-order chi connectivity index (χ0) is 10.6. The van der Waals surface area contributed by atoms with Crippen molar-refractivity contribution >= 4 is 11.9 Å². The van der Waals surface area contributed by atoms with Gasteiger partial charge in [0, 0.05) is 0 Å². The van der Waals surface area contributed by atoms with E-state index in [0.29, 0.717) is 0 Å². The smallest absolute Gasteiger partial charge is 0.309 e. The fourth-order valence-electron chi connectivity index (χ4n) is 2.00. The molecule has 0 spiro atoms. The summed E-state index contributed by atoms with van der Waals surface area (Å²) in [7, 11) is 2.70. The van der Waals surface area contributed by atoms with Crippen LogP contribution >= 0.6 is 0 Å². The topological polar surface area (TPSA) is 52.6 Å². The number of carbonyl (C=O) groups excluding carboxylic acids is 2. The van der Waals surface area contributed by atoms with Gasteiger partial charge in [-0.2, -0.15) is 0 Å². The fourth-order valence-corrected chi connectivity index (χ4v) is 2.00. The van der Waals surface area contributed by atoms with E-state index in [4.69, 9.17) is 0 Å². The highest BCUT2D eigenvalue weighted by Gasteiger charge is 2.36. The standard InChI is InChI=1S/C10H16O4/c1-13-9(11)7-5-3-4-6-8(7)10(12)14-2/h7-8H,3-6H2,1-2H3. The van der Waals surface area contributed by atoms with E-state index in [0.717, 1.165) is 25.7 Å². The maximum absolute atomic E-state index is 11.4. The normalized spacial score (nSPS) is 26.7. The lowest BCUT2D eigenvalue weighted by molar-refractivity contribution is -0.159. The van der Waals surface area contributed by atoms with Gasteiger partial charge < -0.3 is 9.47 Å². The van der Waals surface area contributed by atoms with Crippen LogP contribution in [0.4, 0.5) is 0 Å². The highest BCUT2D eigenvalue weighted by Crippen LogP contribution is 2.31. The van der Waals surface area contributed by atoms with E-state index in [2.05, 4.69) is 9.47 Å². The van der Waals surface area contributed by atoms with E-state index < -0.39 is 0 Å². The van der Waals surface area contributed by atoms with Gasteiger partial charge in [-0.05, 0) is 12.8 Å². The lowest BCUT2D eigenvalue weighted by Crippen LogP contribution is -2.34. The Kier molecular flexibility index (Phi) is 3.92. The first-order valence-corrected chi connectivity index (χ1v) is 4.86. The van der Waals surface area contributed by atoms with Gasteiger partial charge in [-0.25, -0.2) is 0 Å². The van der Waals surface area contributed by atoms with Gasteiger partial charge in [-0.3, -0.25) is 9.59 Å². The summed E-state index contributed by atoms with van der Waals surface area (Å²) in [4.78, 5) is 22.7. The average Bonchev–Trinajstić information content (AvgIpc) is 2.27. The second-order valence-electron chi connectivity index (χ2n) is 3.54. The number of hydrogen-bond donors (Lipinski definition) is 0. The van der Waals surface area contributed by atoms with Crippen molar-refractivity contribution in [3.8, 4) is 0 Å². The molecule has 4 nitrogen and oxygen atoms in total. The summed E-state index contributed by atoms with van der Waals surface area (Å²) in [5.74, 6) is -1.19. The molecule has 1 saturated carbocycles.